The number of halogens is 1. The summed E-state index contributed by atoms with van der Waals surface area (Å²) < 4.78 is 16.4. The Bertz CT molecular complexity index is 1370. The van der Waals surface area contributed by atoms with Crippen LogP contribution in [0.1, 0.15) is 51.9 Å². The summed E-state index contributed by atoms with van der Waals surface area (Å²) in [6.45, 7) is 2.78. The maximum atomic E-state index is 13.5. The molecular formula is C27H33FN4O4S. The number of thiophene rings is 1. The number of carbonyl (C=O) groups excluding carboxylic acids is 2. The number of amides is 2. The van der Waals surface area contributed by atoms with E-state index in [-0.39, 0.29) is 36.4 Å². The second-order valence-electron chi connectivity index (χ2n) is 9.69. The zero-order chi connectivity index (χ0) is 26.4. The Morgan fingerprint density at radius 3 is 2.59 bits per heavy atom. The van der Waals surface area contributed by atoms with Crippen molar-refractivity contribution < 1.29 is 14.0 Å². The highest BCUT2D eigenvalue weighted by molar-refractivity contribution is 7.17. The lowest BCUT2D eigenvalue weighted by Crippen LogP contribution is -2.43. The summed E-state index contributed by atoms with van der Waals surface area (Å²) in [6.07, 6.45) is 6.15. The third-order valence-corrected chi connectivity index (χ3v) is 7.88. The molecule has 3 aromatic rings. The average Bonchev–Trinajstić information content (AvgIpc) is 3.37. The molecule has 1 fully saturated rings. The molecular weight excluding hydrogens is 495 g/mol. The van der Waals surface area contributed by atoms with Gasteiger partial charge in [-0.2, -0.15) is 0 Å². The lowest BCUT2D eigenvalue weighted by Gasteiger charge is -2.28. The van der Waals surface area contributed by atoms with E-state index in [4.69, 9.17) is 0 Å². The van der Waals surface area contributed by atoms with Gasteiger partial charge < -0.3 is 10.6 Å². The Hall–Kier alpha value is -3.27. The van der Waals surface area contributed by atoms with Gasteiger partial charge in [0.1, 0.15) is 17.1 Å². The van der Waals surface area contributed by atoms with Crippen LogP contribution in [0.5, 0.6) is 0 Å². The van der Waals surface area contributed by atoms with Gasteiger partial charge in [-0.1, -0.05) is 25.8 Å². The highest BCUT2D eigenvalue weighted by Crippen LogP contribution is 2.30. The highest BCUT2D eigenvalue weighted by Gasteiger charge is 2.27. The third kappa shape index (κ3) is 6.54. The van der Waals surface area contributed by atoms with Crippen LogP contribution in [0.4, 0.5) is 10.1 Å². The van der Waals surface area contributed by atoms with E-state index in [0.29, 0.717) is 22.4 Å². The summed E-state index contributed by atoms with van der Waals surface area (Å²) in [6, 6.07) is 7.18. The molecule has 0 unspecified atom stereocenters. The molecule has 8 nitrogen and oxygen atoms in total. The van der Waals surface area contributed by atoms with Crippen molar-refractivity contribution in [3.8, 4) is 0 Å². The van der Waals surface area contributed by atoms with Crippen molar-refractivity contribution in [3.63, 3.8) is 0 Å². The second-order valence-corrected chi connectivity index (χ2v) is 10.6. The quantitative estimate of drug-likeness (QED) is 0.387. The zero-order valence-corrected chi connectivity index (χ0v) is 21.8. The van der Waals surface area contributed by atoms with Crippen LogP contribution in [0.15, 0.2) is 45.3 Å². The first kappa shape index (κ1) is 26.8. The van der Waals surface area contributed by atoms with E-state index in [0.717, 1.165) is 44.9 Å². The Morgan fingerprint density at radius 1 is 1.08 bits per heavy atom. The minimum atomic E-state index is -0.541. The molecule has 0 aliphatic heterocycles. The van der Waals surface area contributed by atoms with E-state index in [1.54, 1.807) is 17.5 Å². The van der Waals surface area contributed by atoms with E-state index in [1.165, 1.54) is 38.7 Å². The van der Waals surface area contributed by atoms with Gasteiger partial charge in [-0.15, -0.1) is 11.3 Å². The van der Waals surface area contributed by atoms with Crippen molar-refractivity contribution in [1.29, 1.82) is 0 Å². The van der Waals surface area contributed by atoms with Crippen LogP contribution in [0, 0.1) is 17.7 Å². The number of unbranched alkanes of at least 4 members (excludes halogenated alkanes) is 2. The molecule has 10 heteroatoms. The van der Waals surface area contributed by atoms with Crippen molar-refractivity contribution in [2.24, 2.45) is 11.8 Å². The molecule has 2 heterocycles. The van der Waals surface area contributed by atoms with E-state index in [1.807, 2.05) is 0 Å². The molecule has 4 rings (SSSR count). The van der Waals surface area contributed by atoms with Gasteiger partial charge in [-0.25, -0.2) is 9.18 Å². The Morgan fingerprint density at radius 2 is 1.86 bits per heavy atom. The molecule has 1 saturated carbocycles. The van der Waals surface area contributed by atoms with Crippen LogP contribution in [-0.2, 0) is 22.7 Å². The SMILES string of the molecule is CCCCCNC(=O)C1CCC(Cn2c(=O)c3sccc3n(CC(=O)Nc3cccc(F)c3)c2=O)CC1. The first-order valence-corrected chi connectivity index (χ1v) is 13.8. The molecule has 2 amide bonds. The molecule has 0 saturated heterocycles. The molecule has 0 atom stereocenters. The molecule has 0 radical (unpaired) electrons. The van der Waals surface area contributed by atoms with Crippen molar-refractivity contribution in [3.05, 3.63) is 62.4 Å². The van der Waals surface area contributed by atoms with Crippen molar-refractivity contribution >= 4 is 39.1 Å². The van der Waals surface area contributed by atoms with E-state index in [9.17, 15) is 23.6 Å². The van der Waals surface area contributed by atoms with Gasteiger partial charge in [0.25, 0.3) is 5.56 Å². The third-order valence-electron chi connectivity index (χ3n) is 6.98. The summed E-state index contributed by atoms with van der Waals surface area (Å²) in [4.78, 5) is 51.7. The van der Waals surface area contributed by atoms with Gasteiger partial charge in [0, 0.05) is 24.7 Å². The molecule has 0 bridgehead atoms. The Labute approximate surface area is 218 Å². The van der Waals surface area contributed by atoms with Crippen LogP contribution in [0.3, 0.4) is 0 Å². The van der Waals surface area contributed by atoms with Crippen molar-refractivity contribution in [2.45, 2.75) is 65.0 Å². The number of nitrogens with zero attached hydrogens (tertiary/aromatic N) is 2. The number of anilines is 1. The summed E-state index contributed by atoms with van der Waals surface area (Å²) in [5.41, 5.74) is -0.193. The normalized spacial score (nSPS) is 17.6. The van der Waals surface area contributed by atoms with Crippen molar-refractivity contribution in [1.82, 2.24) is 14.5 Å². The maximum absolute atomic E-state index is 13.5. The number of benzene rings is 1. The molecule has 37 heavy (non-hydrogen) atoms. The summed E-state index contributed by atoms with van der Waals surface area (Å²) in [7, 11) is 0. The number of hydrogen-bond donors (Lipinski definition) is 2. The molecule has 0 spiro atoms. The standard InChI is InChI=1S/C27H33FN4O4S/c1-2-3-4-13-29-25(34)19-10-8-18(9-11-19)16-32-26(35)24-22(12-14-37-24)31(27(32)36)17-23(33)30-21-7-5-6-20(28)15-21/h5-7,12,14-15,18-19H,2-4,8-11,13,16-17H2,1H3,(H,29,34)(H,30,33). The lowest BCUT2D eigenvalue weighted by atomic mass is 9.81. The minimum absolute atomic E-state index is 0.0300. The highest BCUT2D eigenvalue weighted by atomic mass is 32.1. The van der Waals surface area contributed by atoms with Gasteiger partial charge >= 0.3 is 5.69 Å². The number of aromatic nitrogens is 2. The Balaban J connectivity index is 1.45. The first-order valence-electron chi connectivity index (χ1n) is 12.9. The summed E-state index contributed by atoms with van der Waals surface area (Å²) >= 11 is 1.23. The molecule has 1 aromatic carbocycles. The van der Waals surface area contributed by atoms with Gasteiger partial charge in [0.05, 0.1) is 5.52 Å². The minimum Gasteiger partial charge on any atom is -0.356 e. The zero-order valence-electron chi connectivity index (χ0n) is 21.0. The van der Waals surface area contributed by atoms with Gasteiger partial charge in [0.2, 0.25) is 11.8 Å². The van der Waals surface area contributed by atoms with E-state index in [2.05, 4.69) is 17.6 Å². The van der Waals surface area contributed by atoms with E-state index < -0.39 is 17.4 Å². The molecule has 198 valence electrons. The number of carbonyl (C=O) groups is 2. The Kier molecular flexibility index (Phi) is 8.91. The van der Waals surface area contributed by atoms with Crippen LogP contribution in [-0.4, -0.2) is 27.5 Å². The fraction of sp³-hybridized carbons (Fsp3) is 0.481. The van der Waals surface area contributed by atoms with Crippen LogP contribution >= 0.6 is 11.3 Å². The van der Waals surface area contributed by atoms with Gasteiger partial charge in [-0.3, -0.25) is 23.5 Å². The van der Waals surface area contributed by atoms with Gasteiger partial charge in [-0.05, 0) is 67.7 Å². The van der Waals surface area contributed by atoms with Gasteiger partial charge in [0.15, 0.2) is 0 Å². The fourth-order valence-electron chi connectivity index (χ4n) is 4.95. The average molecular weight is 529 g/mol. The monoisotopic (exact) mass is 528 g/mol. The summed E-state index contributed by atoms with van der Waals surface area (Å²) in [5, 5.41) is 7.36. The lowest BCUT2D eigenvalue weighted by molar-refractivity contribution is -0.126. The smallest absolute Gasteiger partial charge is 0.332 e. The van der Waals surface area contributed by atoms with Crippen LogP contribution < -0.4 is 21.9 Å². The largest absolute Gasteiger partial charge is 0.356 e. The molecule has 1 aliphatic rings. The maximum Gasteiger partial charge on any atom is 0.332 e. The van der Waals surface area contributed by atoms with Crippen LogP contribution in [0.2, 0.25) is 0 Å². The van der Waals surface area contributed by atoms with E-state index >= 15 is 0 Å². The predicted octanol–water partition coefficient (Wildman–Crippen LogP) is 4.12. The molecule has 2 aromatic heterocycles. The van der Waals surface area contributed by atoms with Crippen molar-refractivity contribution in [2.75, 3.05) is 11.9 Å². The number of nitrogens with one attached hydrogen (secondary N) is 2. The number of rotatable bonds is 10. The number of fused-ring (bicyclic) bond motifs is 1. The summed E-state index contributed by atoms with van der Waals surface area (Å²) in [5.74, 6) is -0.805. The number of hydrogen-bond acceptors (Lipinski definition) is 5. The predicted molar refractivity (Wildman–Crippen MR) is 143 cm³/mol. The topological polar surface area (TPSA) is 102 Å². The fourth-order valence-corrected chi connectivity index (χ4v) is 5.80. The molecule has 2 N–H and O–H groups in total. The van der Waals surface area contributed by atoms with Crippen LogP contribution in [0.25, 0.3) is 10.2 Å². The molecule has 1 aliphatic carbocycles. The second kappa shape index (κ2) is 12.3. The first-order chi connectivity index (χ1) is 17.9.